The second kappa shape index (κ2) is 5.63. The molecule has 0 aromatic heterocycles. The van der Waals surface area contributed by atoms with Gasteiger partial charge in [0, 0.05) is 11.6 Å². The van der Waals surface area contributed by atoms with Crippen molar-refractivity contribution in [1.29, 1.82) is 0 Å². The summed E-state index contributed by atoms with van der Waals surface area (Å²) in [7, 11) is 1.56. The van der Waals surface area contributed by atoms with Gasteiger partial charge in [-0.25, -0.2) is 17.6 Å². The van der Waals surface area contributed by atoms with Gasteiger partial charge in [0.2, 0.25) is 0 Å². The van der Waals surface area contributed by atoms with Crippen LogP contribution in [0.15, 0.2) is 30.3 Å². The Morgan fingerprint density at radius 1 is 0.850 bits per heavy atom. The van der Waals surface area contributed by atoms with Crippen LogP contribution in [-0.2, 0) is 0 Å². The fourth-order valence-electron chi connectivity index (χ4n) is 2.20. The van der Waals surface area contributed by atoms with Crippen LogP contribution < -0.4 is 5.32 Å². The van der Waals surface area contributed by atoms with E-state index in [9.17, 15) is 17.6 Å². The number of nitrogens with one attached hydrogen (secondary N) is 1. The van der Waals surface area contributed by atoms with Crippen LogP contribution in [0.5, 0.6) is 0 Å². The number of hydrogen-bond donors (Lipinski definition) is 1. The molecule has 1 N–H and O–H groups in total. The molecule has 0 radical (unpaired) electrons. The van der Waals surface area contributed by atoms with E-state index in [1.807, 2.05) is 0 Å². The minimum atomic E-state index is -1.24. The minimum absolute atomic E-state index is 0.0268. The molecule has 1 unspecified atom stereocenters. The Labute approximate surface area is 114 Å². The van der Waals surface area contributed by atoms with Gasteiger partial charge in [0.05, 0.1) is 6.04 Å². The van der Waals surface area contributed by atoms with Crippen molar-refractivity contribution in [3.05, 3.63) is 70.3 Å². The molecule has 0 aliphatic carbocycles. The van der Waals surface area contributed by atoms with Crippen molar-refractivity contribution < 1.29 is 17.6 Å². The van der Waals surface area contributed by atoms with Crippen molar-refractivity contribution in [3.63, 3.8) is 0 Å². The van der Waals surface area contributed by atoms with E-state index in [2.05, 4.69) is 5.32 Å². The molecule has 1 nitrogen and oxygen atoms in total. The Balaban J connectivity index is 2.55. The lowest BCUT2D eigenvalue weighted by molar-refractivity contribution is 0.483. The average Bonchev–Trinajstić information content (AvgIpc) is 2.38. The maximum atomic E-state index is 13.8. The average molecular weight is 283 g/mol. The summed E-state index contributed by atoms with van der Waals surface area (Å²) in [5.74, 6) is -3.63. The summed E-state index contributed by atoms with van der Waals surface area (Å²) >= 11 is 0. The van der Waals surface area contributed by atoms with E-state index in [-0.39, 0.29) is 5.56 Å². The summed E-state index contributed by atoms with van der Waals surface area (Å²) in [6.45, 7) is 1.67. The molecule has 0 aliphatic heterocycles. The smallest absolute Gasteiger partial charge is 0.161 e. The minimum Gasteiger partial charge on any atom is -0.309 e. The molecule has 0 heterocycles. The summed E-state index contributed by atoms with van der Waals surface area (Å²) in [5, 5.41) is 2.83. The van der Waals surface area contributed by atoms with E-state index in [0.29, 0.717) is 17.2 Å². The standard InChI is InChI=1S/C15H13F4N/c1-8-5-9(16)3-4-10(8)15(20-2)11-6-13(18)14(19)7-12(11)17/h3-7,15,20H,1-2H3. The van der Waals surface area contributed by atoms with E-state index in [0.717, 1.165) is 6.07 Å². The fourth-order valence-corrected chi connectivity index (χ4v) is 2.20. The monoisotopic (exact) mass is 283 g/mol. The highest BCUT2D eigenvalue weighted by atomic mass is 19.2. The summed E-state index contributed by atoms with van der Waals surface area (Å²) in [4.78, 5) is 0. The summed E-state index contributed by atoms with van der Waals surface area (Å²) in [6.07, 6.45) is 0. The quantitative estimate of drug-likeness (QED) is 0.666. The SMILES string of the molecule is CNC(c1ccc(F)cc1C)c1cc(F)c(F)cc1F. The first kappa shape index (κ1) is 14.5. The van der Waals surface area contributed by atoms with Gasteiger partial charge >= 0.3 is 0 Å². The largest absolute Gasteiger partial charge is 0.309 e. The molecule has 0 aliphatic rings. The van der Waals surface area contributed by atoms with Gasteiger partial charge in [-0.05, 0) is 43.3 Å². The van der Waals surface area contributed by atoms with Crippen molar-refractivity contribution in [3.8, 4) is 0 Å². The van der Waals surface area contributed by atoms with E-state index >= 15 is 0 Å². The lowest BCUT2D eigenvalue weighted by atomic mass is 9.94. The summed E-state index contributed by atoms with van der Waals surface area (Å²) in [5.41, 5.74) is 1.16. The van der Waals surface area contributed by atoms with Crippen LogP contribution in [0.3, 0.4) is 0 Å². The normalized spacial score (nSPS) is 12.5. The Morgan fingerprint density at radius 3 is 2.10 bits per heavy atom. The second-order valence-corrected chi connectivity index (χ2v) is 4.51. The van der Waals surface area contributed by atoms with Gasteiger partial charge in [-0.1, -0.05) is 6.07 Å². The van der Waals surface area contributed by atoms with Gasteiger partial charge in [0.1, 0.15) is 11.6 Å². The molecular formula is C15H13F4N. The third-order valence-corrected chi connectivity index (χ3v) is 3.18. The van der Waals surface area contributed by atoms with Gasteiger partial charge in [0.15, 0.2) is 11.6 Å². The number of hydrogen-bond acceptors (Lipinski definition) is 1. The molecule has 0 saturated carbocycles. The topological polar surface area (TPSA) is 12.0 Å². The number of rotatable bonds is 3. The number of benzene rings is 2. The highest BCUT2D eigenvalue weighted by Gasteiger charge is 2.20. The van der Waals surface area contributed by atoms with Crippen LogP contribution in [0.25, 0.3) is 0 Å². The third-order valence-electron chi connectivity index (χ3n) is 3.18. The van der Waals surface area contributed by atoms with Crippen molar-refractivity contribution in [2.75, 3.05) is 7.05 Å². The zero-order chi connectivity index (χ0) is 14.9. The Hall–Kier alpha value is -1.88. The molecule has 0 spiro atoms. The van der Waals surface area contributed by atoms with Crippen LogP contribution in [0, 0.1) is 30.2 Å². The van der Waals surface area contributed by atoms with Gasteiger partial charge in [-0.3, -0.25) is 0 Å². The molecule has 2 aromatic rings. The van der Waals surface area contributed by atoms with Crippen molar-refractivity contribution in [2.24, 2.45) is 0 Å². The molecule has 20 heavy (non-hydrogen) atoms. The molecule has 0 bridgehead atoms. The third kappa shape index (κ3) is 2.67. The fraction of sp³-hybridized carbons (Fsp3) is 0.200. The van der Waals surface area contributed by atoms with Crippen LogP contribution in [0.1, 0.15) is 22.7 Å². The zero-order valence-corrected chi connectivity index (χ0v) is 11.0. The lowest BCUT2D eigenvalue weighted by Crippen LogP contribution is -2.20. The van der Waals surface area contributed by atoms with Gasteiger partial charge in [-0.2, -0.15) is 0 Å². The molecule has 0 fully saturated rings. The number of halogens is 4. The lowest BCUT2D eigenvalue weighted by Gasteiger charge is -2.20. The van der Waals surface area contributed by atoms with Crippen molar-refractivity contribution in [1.82, 2.24) is 5.32 Å². The summed E-state index contributed by atoms with van der Waals surface area (Å²) < 4.78 is 53.2. The molecule has 0 saturated heterocycles. The molecule has 2 aromatic carbocycles. The molecular weight excluding hydrogens is 270 g/mol. The summed E-state index contributed by atoms with van der Waals surface area (Å²) in [6, 6.07) is 4.67. The van der Waals surface area contributed by atoms with Crippen molar-refractivity contribution >= 4 is 0 Å². The predicted molar refractivity (Wildman–Crippen MR) is 68.4 cm³/mol. The molecule has 1 atom stereocenters. The first-order valence-electron chi connectivity index (χ1n) is 6.01. The van der Waals surface area contributed by atoms with Crippen LogP contribution in [-0.4, -0.2) is 7.05 Å². The van der Waals surface area contributed by atoms with Gasteiger partial charge < -0.3 is 5.32 Å². The first-order valence-corrected chi connectivity index (χ1v) is 6.01. The second-order valence-electron chi connectivity index (χ2n) is 4.51. The van der Waals surface area contributed by atoms with E-state index in [4.69, 9.17) is 0 Å². The van der Waals surface area contributed by atoms with E-state index in [1.165, 1.54) is 18.2 Å². The molecule has 106 valence electrons. The highest BCUT2D eigenvalue weighted by molar-refractivity contribution is 5.38. The predicted octanol–water partition coefficient (Wildman–Crippen LogP) is 3.86. The van der Waals surface area contributed by atoms with Crippen LogP contribution >= 0.6 is 0 Å². The number of aryl methyl sites for hydroxylation is 1. The van der Waals surface area contributed by atoms with Crippen LogP contribution in [0.4, 0.5) is 17.6 Å². The van der Waals surface area contributed by atoms with Crippen molar-refractivity contribution in [2.45, 2.75) is 13.0 Å². The van der Waals surface area contributed by atoms with Gasteiger partial charge in [-0.15, -0.1) is 0 Å². The molecule has 5 heteroatoms. The zero-order valence-electron chi connectivity index (χ0n) is 11.0. The first-order chi connectivity index (χ1) is 9.43. The molecule has 0 amide bonds. The van der Waals surface area contributed by atoms with E-state index < -0.39 is 29.3 Å². The van der Waals surface area contributed by atoms with Crippen LogP contribution in [0.2, 0.25) is 0 Å². The van der Waals surface area contributed by atoms with E-state index in [1.54, 1.807) is 14.0 Å². The Kier molecular flexibility index (Phi) is 4.09. The maximum Gasteiger partial charge on any atom is 0.161 e. The maximum absolute atomic E-state index is 13.8. The highest BCUT2D eigenvalue weighted by Crippen LogP contribution is 2.28. The van der Waals surface area contributed by atoms with Gasteiger partial charge in [0.25, 0.3) is 0 Å². The molecule has 2 rings (SSSR count). The Morgan fingerprint density at radius 2 is 1.50 bits per heavy atom. The Bertz CT molecular complexity index is 640.